The largest absolute Gasteiger partial charge is 0.427 e. The fraction of sp³-hybridized carbons (Fsp3) is 0.269. The summed E-state index contributed by atoms with van der Waals surface area (Å²) in [4.78, 5) is 35.9. The quantitative estimate of drug-likeness (QED) is 0.228. The molecule has 0 saturated heterocycles. The number of unbranched alkanes of at least 4 members (excludes halogenated alkanes) is 3. The van der Waals surface area contributed by atoms with Crippen LogP contribution < -0.4 is 15.6 Å². The maximum atomic E-state index is 12.5. The van der Waals surface area contributed by atoms with Gasteiger partial charge in [-0.05, 0) is 65.6 Å². The van der Waals surface area contributed by atoms with E-state index in [-0.39, 0.29) is 5.91 Å². The van der Waals surface area contributed by atoms with E-state index in [1.807, 2.05) is 12.1 Å². The second-order valence-electron chi connectivity index (χ2n) is 7.73. The number of aryl methyl sites for hydroxylation is 1. The van der Waals surface area contributed by atoms with Crippen molar-refractivity contribution < 1.29 is 19.1 Å². The fourth-order valence-corrected chi connectivity index (χ4v) is 3.43. The van der Waals surface area contributed by atoms with Crippen LogP contribution in [-0.4, -0.2) is 17.8 Å². The van der Waals surface area contributed by atoms with E-state index >= 15 is 0 Å². The van der Waals surface area contributed by atoms with Gasteiger partial charge in [0.25, 0.3) is 11.8 Å². The highest BCUT2D eigenvalue weighted by molar-refractivity contribution is 6.01. The first-order valence-electron chi connectivity index (χ1n) is 10.9. The lowest BCUT2D eigenvalue weighted by Crippen LogP contribution is -2.41. The van der Waals surface area contributed by atoms with Gasteiger partial charge in [-0.15, -0.1) is 0 Å². The molecule has 0 bridgehead atoms. The van der Waals surface area contributed by atoms with Crippen molar-refractivity contribution in [3.63, 3.8) is 0 Å². The summed E-state index contributed by atoms with van der Waals surface area (Å²) in [5.74, 6) is -0.737. The average Bonchev–Trinajstić information content (AvgIpc) is 2.79. The molecular formula is C26H28N2O4. The molecule has 0 aromatic heterocycles. The zero-order valence-corrected chi connectivity index (χ0v) is 18.4. The van der Waals surface area contributed by atoms with Crippen molar-refractivity contribution in [2.24, 2.45) is 0 Å². The first-order chi connectivity index (χ1) is 15.5. The van der Waals surface area contributed by atoms with Crippen molar-refractivity contribution in [1.29, 1.82) is 0 Å². The van der Waals surface area contributed by atoms with Crippen molar-refractivity contribution in [3.05, 3.63) is 77.4 Å². The van der Waals surface area contributed by atoms with Crippen LogP contribution in [0.4, 0.5) is 0 Å². The second-order valence-corrected chi connectivity index (χ2v) is 7.73. The number of nitrogens with one attached hydrogen (secondary N) is 2. The lowest BCUT2D eigenvalue weighted by molar-refractivity contribution is -0.131. The summed E-state index contributed by atoms with van der Waals surface area (Å²) >= 11 is 0. The monoisotopic (exact) mass is 432 g/mol. The van der Waals surface area contributed by atoms with Gasteiger partial charge in [0.05, 0.1) is 0 Å². The third-order valence-electron chi connectivity index (χ3n) is 5.16. The van der Waals surface area contributed by atoms with Crippen molar-refractivity contribution in [1.82, 2.24) is 10.9 Å². The van der Waals surface area contributed by atoms with Crippen LogP contribution in [0, 0.1) is 0 Å². The van der Waals surface area contributed by atoms with Crippen LogP contribution in [-0.2, 0) is 11.2 Å². The van der Waals surface area contributed by atoms with Gasteiger partial charge in [0.15, 0.2) is 0 Å². The van der Waals surface area contributed by atoms with E-state index in [0.717, 1.165) is 23.6 Å². The summed E-state index contributed by atoms with van der Waals surface area (Å²) in [6, 6.07) is 17.7. The number of benzene rings is 3. The van der Waals surface area contributed by atoms with Crippen LogP contribution in [0.15, 0.2) is 60.7 Å². The summed E-state index contributed by atoms with van der Waals surface area (Å²) in [5.41, 5.74) is 7.01. The Morgan fingerprint density at radius 2 is 1.38 bits per heavy atom. The molecule has 3 aromatic carbocycles. The Bertz CT molecular complexity index is 1110. The van der Waals surface area contributed by atoms with E-state index in [9.17, 15) is 14.4 Å². The number of carbonyl (C=O) groups is 3. The summed E-state index contributed by atoms with van der Waals surface area (Å²) in [6.45, 7) is 3.53. The predicted molar refractivity (Wildman–Crippen MR) is 124 cm³/mol. The highest BCUT2D eigenvalue weighted by Crippen LogP contribution is 2.22. The van der Waals surface area contributed by atoms with Crippen LogP contribution in [0.5, 0.6) is 5.75 Å². The Morgan fingerprint density at radius 1 is 0.750 bits per heavy atom. The number of carbonyl (C=O) groups excluding carboxylic acids is 3. The SMILES string of the molecule is CCCCCCc1ccc(C(=O)NNC(=O)c2ccc3cc(OC(C)=O)ccc3c2)cc1. The normalized spacial score (nSPS) is 10.6. The van der Waals surface area contributed by atoms with Gasteiger partial charge in [-0.25, -0.2) is 0 Å². The molecular weight excluding hydrogens is 404 g/mol. The number of rotatable bonds is 8. The van der Waals surface area contributed by atoms with Gasteiger partial charge in [-0.2, -0.15) is 0 Å². The lowest BCUT2D eigenvalue weighted by Gasteiger charge is -2.09. The first kappa shape index (κ1) is 23.0. The molecule has 2 N–H and O–H groups in total. The number of hydrogen-bond acceptors (Lipinski definition) is 4. The molecule has 2 amide bonds. The van der Waals surface area contributed by atoms with Crippen molar-refractivity contribution in [3.8, 4) is 5.75 Å². The van der Waals surface area contributed by atoms with Gasteiger partial charge in [0, 0.05) is 18.1 Å². The van der Waals surface area contributed by atoms with E-state index < -0.39 is 11.9 Å². The summed E-state index contributed by atoms with van der Waals surface area (Å²) in [6.07, 6.45) is 5.82. The molecule has 0 aliphatic rings. The number of hydrogen-bond donors (Lipinski definition) is 2. The highest BCUT2D eigenvalue weighted by atomic mass is 16.5. The molecule has 32 heavy (non-hydrogen) atoms. The summed E-state index contributed by atoms with van der Waals surface area (Å²) in [5, 5.41) is 1.65. The van der Waals surface area contributed by atoms with Gasteiger partial charge in [-0.3, -0.25) is 25.2 Å². The number of fused-ring (bicyclic) bond motifs is 1. The molecule has 166 valence electrons. The van der Waals surface area contributed by atoms with Crippen molar-refractivity contribution in [2.45, 2.75) is 46.0 Å². The molecule has 0 radical (unpaired) electrons. The zero-order chi connectivity index (χ0) is 22.9. The van der Waals surface area contributed by atoms with Crippen LogP contribution in [0.1, 0.15) is 65.8 Å². The van der Waals surface area contributed by atoms with Crippen LogP contribution in [0.25, 0.3) is 10.8 Å². The number of ether oxygens (including phenoxy) is 1. The van der Waals surface area contributed by atoms with Gasteiger partial charge in [0.2, 0.25) is 0 Å². The topological polar surface area (TPSA) is 84.5 Å². The molecule has 3 aromatic rings. The number of hydrazine groups is 1. The maximum absolute atomic E-state index is 12.5. The Hall–Kier alpha value is -3.67. The second kappa shape index (κ2) is 11.1. The molecule has 6 nitrogen and oxygen atoms in total. The van der Waals surface area contributed by atoms with E-state index in [1.54, 1.807) is 48.5 Å². The van der Waals surface area contributed by atoms with Crippen molar-refractivity contribution >= 4 is 28.6 Å². The molecule has 0 atom stereocenters. The van der Waals surface area contributed by atoms with Gasteiger partial charge in [0.1, 0.15) is 5.75 Å². The standard InChI is InChI=1S/C26H28N2O4/c1-3-4-5-6-7-19-8-10-20(11-9-19)25(30)27-28-26(31)23-13-12-22-17-24(32-18(2)29)15-14-21(22)16-23/h8-17H,3-7H2,1-2H3,(H,27,30)(H,28,31). The maximum Gasteiger partial charge on any atom is 0.308 e. The third kappa shape index (κ3) is 6.41. The predicted octanol–water partition coefficient (Wildman–Crippen LogP) is 4.96. The molecule has 0 saturated carbocycles. The molecule has 0 aliphatic carbocycles. The van der Waals surface area contributed by atoms with Crippen LogP contribution in [0.3, 0.4) is 0 Å². The smallest absolute Gasteiger partial charge is 0.308 e. The van der Waals surface area contributed by atoms with E-state index in [0.29, 0.717) is 16.9 Å². The van der Waals surface area contributed by atoms with E-state index in [2.05, 4.69) is 17.8 Å². The molecule has 0 heterocycles. The average molecular weight is 433 g/mol. The molecule has 0 spiro atoms. The Labute approximate surface area is 187 Å². The molecule has 0 aliphatic heterocycles. The van der Waals surface area contributed by atoms with Gasteiger partial charge in [-0.1, -0.05) is 50.5 Å². The minimum absolute atomic E-state index is 0.373. The molecule has 3 rings (SSSR count). The molecule has 6 heteroatoms. The zero-order valence-electron chi connectivity index (χ0n) is 18.4. The number of esters is 1. The first-order valence-corrected chi connectivity index (χ1v) is 10.9. The Balaban J connectivity index is 1.55. The minimum atomic E-state index is -0.420. The summed E-state index contributed by atoms with van der Waals surface area (Å²) < 4.78 is 5.08. The highest BCUT2D eigenvalue weighted by Gasteiger charge is 2.10. The van der Waals surface area contributed by atoms with Crippen LogP contribution in [0.2, 0.25) is 0 Å². The Kier molecular flexibility index (Phi) is 7.97. The number of amides is 2. The van der Waals surface area contributed by atoms with Gasteiger partial charge >= 0.3 is 5.97 Å². The van der Waals surface area contributed by atoms with Crippen molar-refractivity contribution in [2.75, 3.05) is 0 Å². The summed E-state index contributed by atoms with van der Waals surface area (Å²) in [7, 11) is 0. The van der Waals surface area contributed by atoms with Gasteiger partial charge < -0.3 is 4.74 Å². The third-order valence-corrected chi connectivity index (χ3v) is 5.16. The minimum Gasteiger partial charge on any atom is -0.427 e. The van der Waals surface area contributed by atoms with Crippen LogP contribution >= 0.6 is 0 Å². The lowest BCUT2D eigenvalue weighted by atomic mass is 10.0. The molecule has 0 fully saturated rings. The van der Waals surface area contributed by atoms with E-state index in [1.165, 1.54) is 31.7 Å². The van der Waals surface area contributed by atoms with E-state index in [4.69, 9.17) is 4.74 Å². The fourth-order valence-electron chi connectivity index (χ4n) is 3.43. The molecule has 0 unspecified atom stereocenters. The Morgan fingerprint density at radius 3 is 2.06 bits per heavy atom.